The lowest BCUT2D eigenvalue weighted by Gasteiger charge is -2.20. The second kappa shape index (κ2) is 7.41. The van der Waals surface area contributed by atoms with E-state index in [0.29, 0.717) is 11.5 Å². The minimum atomic E-state index is -0.424. The molecule has 6 nitrogen and oxygen atoms in total. The van der Waals surface area contributed by atoms with Gasteiger partial charge in [-0.15, -0.1) is 0 Å². The highest BCUT2D eigenvalue weighted by Crippen LogP contribution is 2.47. The highest BCUT2D eigenvalue weighted by molar-refractivity contribution is 6.32. The molecule has 0 fully saturated rings. The third kappa shape index (κ3) is 3.09. The highest BCUT2D eigenvalue weighted by Gasteiger charge is 2.41. The Hall–Kier alpha value is -3.25. The first-order valence-corrected chi connectivity index (χ1v) is 11.1. The number of nitrogens with zero attached hydrogens (tertiary/aromatic N) is 2. The van der Waals surface area contributed by atoms with Crippen LogP contribution in [0.3, 0.4) is 0 Å². The molecule has 0 radical (unpaired) electrons. The van der Waals surface area contributed by atoms with Crippen LogP contribution in [-0.4, -0.2) is 32.9 Å². The smallest absolute Gasteiger partial charge is 0.259 e. The standard InChI is InChI=1S/C25H24ClN3O3/c1-13(2)10-28-11-16-22(15-7-8-21(31)17(26)9-15)24-19(12-29(14(3)30)25(24)32)27-18-5-4-6-20(28)23(16)18/h4-9,11,13,22,27,31H,10,12H2,1-3H3/t22-/m1/s1. The molecule has 5 rings (SSSR count). The van der Waals surface area contributed by atoms with Crippen LogP contribution in [0.5, 0.6) is 5.75 Å². The van der Waals surface area contributed by atoms with Gasteiger partial charge in [0.15, 0.2) is 0 Å². The Balaban J connectivity index is 1.80. The van der Waals surface area contributed by atoms with Crippen molar-refractivity contribution in [1.29, 1.82) is 0 Å². The third-order valence-electron chi connectivity index (χ3n) is 6.18. The maximum atomic E-state index is 13.4. The molecule has 32 heavy (non-hydrogen) atoms. The number of anilines is 1. The van der Waals surface area contributed by atoms with E-state index in [2.05, 4.69) is 36.0 Å². The molecule has 164 valence electrons. The first-order valence-electron chi connectivity index (χ1n) is 10.7. The summed E-state index contributed by atoms with van der Waals surface area (Å²) >= 11 is 6.27. The quantitative estimate of drug-likeness (QED) is 0.599. The van der Waals surface area contributed by atoms with Crippen LogP contribution in [0.1, 0.15) is 37.8 Å². The van der Waals surface area contributed by atoms with E-state index >= 15 is 0 Å². The highest BCUT2D eigenvalue weighted by atomic mass is 35.5. The average molecular weight is 450 g/mol. The molecule has 2 aliphatic rings. The van der Waals surface area contributed by atoms with Crippen LogP contribution >= 0.6 is 11.6 Å². The summed E-state index contributed by atoms with van der Waals surface area (Å²) in [4.78, 5) is 26.9. The number of halogens is 1. The predicted molar refractivity (Wildman–Crippen MR) is 125 cm³/mol. The number of hydrogen-bond donors (Lipinski definition) is 2. The van der Waals surface area contributed by atoms with Gasteiger partial charge in [0.05, 0.1) is 22.7 Å². The van der Waals surface area contributed by atoms with Crippen molar-refractivity contribution in [2.75, 3.05) is 11.9 Å². The molecule has 0 bridgehead atoms. The molecule has 2 aromatic carbocycles. The maximum Gasteiger partial charge on any atom is 0.259 e. The number of aromatic nitrogens is 1. The zero-order valence-corrected chi connectivity index (χ0v) is 18.9. The van der Waals surface area contributed by atoms with Gasteiger partial charge in [-0.1, -0.05) is 37.6 Å². The summed E-state index contributed by atoms with van der Waals surface area (Å²) in [5, 5.41) is 14.7. The van der Waals surface area contributed by atoms with Crippen LogP contribution < -0.4 is 5.32 Å². The molecule has 2 amide bonds. The van der Waals surface area contributed by atoms with Gasteiger partial charge in [-0.3, -0.25) is 14.5 Å². The van der Waals surface area contributed by atoms with Crippen LogP contribution in [0.15, 0.2) is 53.9 Å². The fourth-order valence-corrected chi connectivity index (χ4v) is 5.06. The summed E-state index contributed by atoms with van der Waals surface area (Å²) in [6.07, 6.45) is 2.11. The van der Waals surface area contributed by atoms with Crippen LogP contribution in [0, 0.1) is 5.92 Å². The van der Waals surface area contributed by atoms with Gasteiger partial charge in [0.2, 0.25) is 5.91 Å². The van der Waals surface area contributed by atoms with Gasteiger partial charge in [-0.05, 0) is 41.3 Å². The van der Waals surface area contributed by atoms with Crippen molar-refractivity contribution < 1.29 is 14.7 Å². The Kier molecular flexibility index (Phi) is 4.78. The number of nitrogens with one attached hydrogen (secondary N) is 1. The van der Waals surface area contributed by atoms with Crippen molar-refractivity contribution >= 4 is 40.0 Å². The van der Waals surface area contributed by atoms with E-state index in [0.717, 1.165) is 40.0 Å². The van der Waals surface area contributed by atoms with Crippen molar-refractivity contribution in [3.8, 4) is 5.75 Å². The van der Waals surface area contributed by atoms with E-state index in [9.17, 15) is 14.7 Å². The van der Waals surface area contributed by atoms with E-state index in [-0.39, 0.29) is 29.1 Å². The number of phenols is 1. The molecular weight excluding hydrogens is 426 g/mol. The van der Waals surface area contributed by atoms with Crippen molar-refractivity contribution in [3.63, 3.8) is 0 Å². The lowest BCUT2D eigenvalue weighted by Crippen LogP contribution is -2.33. The van der Waals surface area contributed by atoms with Gasteiger partial charge >= 0.3 is 0 Å². The fourth-order valence-electron chi connectivity index (χ4n) is 4.87. The predicted octanol–water partition coefficient (Wildman–Crippen LogP) is 4.86. The van der Waals surface area contributed by atoms with E-state index in [1.165, 1.54) is 11.8 Å². The molecule has 0 unspecified atom stereocenters. The molecule has 2 aliphatic heterocycles. The molecule has 2 N–H and O–H groups in total. The summed E-state index contributed by atoms with van der Waals surface area (Å²) in [5.74, 6) is -0.583. The third-order valence-corrected chi connectivity index (χ3v) is 6.49. The molecule has 0 aliphatic carbocycles. The number of hydrogen-bond acceptors (Lipinski definition) is 4. The van der Waals surface area contributed by atoms with Gasteiger partial charge in [0.25, 0.3) is 5.91 Å². The number of carbonyl (C=O) groups is 2. The monoisotopic (exact) mass is 449 g/mol. The van der Waals surface area contributed by atoms with Crippen LogP contribution in [0.4, 0.5) is 5.69 Å². The summed E-state index contributed by atoms with van der Waals surface area (Å²) in [6.45, 7) is 6.79. The van der Waals surface area contributed by atoms with Crippen molar-refractivity contribution in [2.45, 2.75) is 33.2 Å². The van der Waals surface area contributed by atoms with Gasteiger partial charge in [0.1, 0.15) is 5.75 Å². The summed E-state index contributed by atoms with van der Waals surface area (Å²) < 4.78 is 2.23. The second-order valence-electron chi connectivity index (χ2n) is 8.90. The first kappa shape index (κ1) is 20.6. The SMILES string of the molecule is CC(=O)N1CC2=C(C1=O)[C@H](c1ccc(O)c(Cl)c1)c1cn(CC(C)C)c3cccc(c13)N2. The second-order valence-corrected chi connectivity index (χ2v) is 9.31. The van der Waals surface area contributed by atoms with Crippen molar-refractivity contribution in [3.05, 3.63) is 70.0 Å². The molecule has 3 aromatic rings. The molecular formula is C25H24ClN3O3. The molecule has 3 heterocycles. The number of imide groups is 1. The summed E-state index contributed by atoms with van der Waals surface area (Å²) in [5.41, 5.74) is 5.04. The number of aromatic hydroxyl groups is 1. The lowest BCUT2D eigenvalue weighted by atomic mass is 9.84. The number of benzene rings is 2. The topological polar surface area (TPSA) is 74.6 Å². The van der Waals surface area contributed by atoms with Crippen LogP contribution in [0.25, 0.3) is 10.9 Å². The fraction of sp³-hybridized carbons (Fsp3) is 0.280. The van der Waals surface area contributed by atoms with E-state index in [4.69, 9.17) is 11.6 Å². The number of amides is 2. The van der Waals surface area contributed by atoms with Crippen LogP contribution in [-0.2, 0) is 16.1 Å². The van der Waals surface area contributed by atoms with Crippen molar-refractivity contribution in [1.82, 2.24) is 9.47 Å². The summed E-state index contributed by atoms with van der Waals surface area (Å²) in [6, 6.07) is 11.1. The number of rotatable bonds is 3. The Morgan fingerprint density at radius 1 is 1.28 bits per heavy atom. The van der Waals surface area contributed by atoms with E-state index in [1.807, 2.05) is 12.1 Å². The average Bonchev–Trinajstić information content (AvgIpc) is 3.19. The van der Waals surface area contributed by atoms with E-state index in [1.54, 1.807) is 18.2 Å². The first-order chi connectivity index (χ1) is 15.3. The van der Waals surface area contributed by atoms with Gasteiger partial charge < -0.3 is 15.0 Å². The Labute approximate surface area is 191 Å². The normalized spacial score (nSPS) is 17.7. The zero-order chi connectivity index (χ0) is 22.7. The molecule has 1 aromatic heterocycles. The van der Waals surface area contributed by atoms with Gasteiger partial charge in [-0.2, -0.15) is 0 Å². The molecule has 1 atom stereocenters. The Bertz CT molecular complexity index is 1320. The molecule has 7 heteroatoms. The van der Waals surface area contributed by atoms with Gasteiger partial charge in [-0.25, -0.2) is 0 Å². The largest absolute Gasteiger partial charge is 0.506 e. The minimum Gasteiger partial charge on any atom is -0.506 e. The lowest BCUT2D eigenvalue weighted by molar-refractivity contribution is -0.139. The molecule has 0 spiro atoms. The number of phenolic OH excluding ortho intramolecular Hbond substituents is 1. The minimum absolute atomic E-state index is 0.0117. The Morgan fingerprint density at radius 2 is 2.06 bits per heavy atom. The van der Waals surface area contributed by atoms with Crippen molar-refractivity contribution in [2.24, 2.45) is 5.92 Å². The summed E-state index contributed by atoms with van der Waals surface area (Å²) in [7, 11) is 0. The van der Waals surface area contributed by atoms with Gasteiger partial charge in [0, 0.05) is 42.4 Å². The molecule has 0 saturated carbocycles. The van der Waals surface area contributed by atoms with Crippen LogP contribution in [0.2, 0.25) is 5.02 Å². The Morgan fingerprint density at radius 3 is 2.75 bits per heavy atom. The number of carbonyl (C=O) groups excluding carboxylic acids is 2. The zero-order valence-electron chi connectivity index (χ0n) is 18.1. The molecule has 0 saturated heterocycles. The van der Waals surface area contributed by atoms with E-state index < -0.39 is 5.92 Å². The maximum absolute atomic E-state index is 13.4.